The summed E-state index contributed by atoms with van der Waals surface area (Å²) >= 11 is 1.72. The van der Waals surface area contributed by atoms with Crippen molar-refractivity contribution in [2.75, 3.05) is 17.3 Å². The number of nitrogens with zero attached hydrogens (tertiary/aromatic N) is 2. The monoisotopic (exact) mass is 333 g/mol. The molecule has 0 spiro atoms. The number of nitrogens with one attached hydrogen (secondary N) is 1. The Kier molecular flexibility index (Phi) is 5.81. The molecule has 0 bridgehead atoms. The van der Waals surface area contributed by atoms with Gasteiger partial charge in [-0.15, -0.1) is 0 Å². The molecule has 0 aliphatic rings. The van der Waals surface area contributed by atoms with Gasteiger partial charge in [-0.1, -0.05) is 6.07 Å². The Morgan fingerprint density at radius 2 is 2.17 bits per heavy atom. The summed E-state index contributed by atoms with van der Waals surface area (Å²) in [5.74, 6) is -0.0793. The molecule has 0 saturated heterocycles. The third-order valence-corrected chi connectivity index (χ3v) is 4.06. The molecule has 0 aliphatic carbocycles. The third-order valence-electron chi connectivity index (χ3n) is 3.37. The van der Waals surface area contributed by atoms with Crippen molar-refractivity contribution in [3.05, 3.63) is 41.7 Å². The quantitative estimate of drug-likeness (QED) is 0.761. The van der Waals surface area contributed by atoms with Crippen LogP contribution in [0.3, 0.4) is 0 Å². The molecule has 1 heterocycles. The number of thioether (sulfide) groups is 1. The van der Waals surface area contributed by atoms with Crippen LogP contribution in [0.25, 0.3) is 5.69 Å². The van der Waals surface area contributed by atoms with E-state index in [-0.39, 0.29) is 11.5 Å². The van der Waals surface area contributed by atoms with Crippen LogP contribution in [0.5, 0.6) is 0 Å². The van der Waals surface area contributed by atoms with Gasteiger partial charge in [-0.2, -0.15) is 16.9 Å². The Balaban J connectivity index is 2.14. The lowest BCUT2D eigenvalue weighted by molar-refractivity contribution is -0.116. The second-order valence-corrected chi connectivity index (χ2v) is 6.04. The zero-order valence-electron chi connectivity index (χ0n) is 13.1. The van der Waals surface area contributed by atoms with Crippen molar-refractivity contribution in [1.82, 2.24) is 9.78 Å². The van der Waals surface area contributed by atoms with Crippen molar-refractivity contribution in [1.29, 1.82) is 0 Å². The molecule has 0 aliphatic heterocycles. The second-order valence-electron chi connectivity index (χ2n) is 5.06. The van der Waals surface area contributed by atoms with E-state index in [0.717, 1.165) is 12.2 Å². The Morgan fingerprint density at radius 1 is 1.39 bits per heavy atom. The topological polar surface area (TPSA) is 84.2 Å². The van der Waals surface area contributed by atoms with Crippen molar-refractivity contribution < 1.29 is 14.7 Å². The van der Waals surface area contributed by atoms with E-state index in [2.05, 4.69) is 10.4 Å². The number of aromatic nitrogens is 2. The Labute approximate surface area is 138 Å². The smallest absolute Gasteiger partial charge is 0.339 e. The normalized spacial score (nSPS) is 10.5. The predicted molar refractivity (Wildman–Crippen MR) is 91.5 cm³/mol. The summed E-state index contributed by atoms with van der Waals surface area (Å²) < 4.78 is 1.55. The maximum absolute atomic E-state index is 11.9. The van der Waals surface area contributed by atoms with Crippen LogP contribution in [-0.2, 0) is 4.79 Å². The standard InChI is InChI=1S/C16H19N3O3S/c1-11-14(16(21)22)10-17-19(11)13-6-3-5-12(9-13)18-15(20)7-4-8-23-2/h3,5-6,9-10H,4,7-8H2,1-2H3,(H,18,20)(H,21,22). The summed E-state index contributed by atoms with van der Waals surface area (Å²) in [6.45, 7) is 1.70. The van der Waals surface area contributed by atoms with Crippen LogP contribution < -0.4 is 5.32 Å². The summed E-state index contributed by atoms with van der Waals surface area (Å²) in [6, 6.07) is 7.19. The zero-order valence-corrected chi connectivity index (χ0v) is 13.9. The van der Waals surface area contributed by atoms with E-state index in [1.165, 1.54) is 6.20 Å². The third kappa shape index (κ3) is 4.35. The van der Waals surface area contributed by atoms with Crippen LogP contribution in [0.15, 0.2) is 30.5 Å². The second kappa shape index (κ2) is 7.82. The number of anilines is 1. The van der Waals surface area contributed by atoms with Crippen molar-refractivity contribution >= 4 is 29.3 Å². The minimum atomic E-state index is -1.01. The molecule has 1 amide bonds. The lowest BCUT2D eigenvalue weighted by atomic mass is 10.2. The molecule has 0 saturated carbocycles. The molecule has 0 unspecified atom stereocenters. The molecular weight excluding hydrogens is 314 g/mol. The summed E-state index contributed by atoms with van der Waals surface area (Å²) in [5.41, 5.74) is 2.08. The molecule has 0 radical (unpaired) electrons. The highest BCUT2D eigenvalue weighted by Gasteiger charge is 2.14. The number of carbonyl (C=O) groups excluding carboxylic acids is 1. The first kappa shape index (κ1) is 17.1. The van der Waals surface area contributed by atoms with E-state index in [9.17, 15) is 9.59 Å². The molecule has 0 fully saturated rings. The van der Waals surface area contributed by atoms with E-state index in [1.807, 2.05) is 12.3 Å². The first-order valence-corrected chi connectivity index (χ1v) is 8.59. The van der Waals surface area contributed by atoms with E-state index in [0.29, 0.717) is 23.5 Å². The highest BCUT2D eigenvalue weighted by molar-refractivity contribution is 7.98. The fourth-order valence-electron chi connectivity index (χ4n) is 2.20. The molecule has 1 aromatic carbocycles. The summed E-state index contributed by atoms with van der Waals surface area (Å²) in [7, 11) is 0. The minimum Gasteiger partial charge on any atom is -0.478 e. The fourth-order valence-corrected chi connectivity index (χ4v) is 2.63. The maximum Gasteiger partial charge on any atom is 0.339 e. The molecule has 122 valence electrons. The molecular formula is C16H19N3O3S. The number of carboxylic acids is 1. The van der Waals surface area contributed by atoms with E-state index < -0.39 is 5.97 Å². The minimum absolute atomic E-state index is 0.0281. The first-order valence-electron chi connectivity index (χ1n) is 7.20. The molecule has 1 aromatic heterocycles. The van der Waals surface area contributed by atoms with E-state index >= 15 is 0 Å². The Bertz CT molecular complexity index is 712. The van der Waals surface area contributed by atoms with Crippen LogP contribution in [0.1, 0.15) is 28.9 Å². The van der Waals surface area contributed by atoms with Gasteiger partial charge in [0, 0.05) is 12.1 Å². The van der Waals surface area contributed by atoms with Gasteiger partial charge in [0.25, 0.3) is 0 Å². The van der Waals surface area contributed by atoms with Gasteiger partial charge in [0.2, 0.25) is 5.91 Å². The van der Waals surface area contributed by atoms with E-state index in [1.54, 1.807) is 41.6 Å². The van der Waals surface area contributed by atoms with Gasteiger partial charge in [-0.25, -0.2) is 9.48 Å². The molecule has 0 atom stereocenters. The van der Waals surface area contributed by atoms with Crippen LogP contribution >= 0.6 is 11.8 Å². The fraction of sp³-hybridized carbons (Fsp3) is 0.312. The van der Waals surface area contributed by atoms with Gasteiger partial charge in [-0.3, -0.25) is 4.79 Å². The highest BCUT2D eigenvalue weighted by atomic mass is 32.2. The first-order chi connectivity index (χ1) is 11.0. The average molecular weight is 333 g/mol. The summed E-state index contributed by atoms with van der Waals surface area (Å²) in [6.07, 6.45) is 4.66. The number of carboxylic acid groups (broad SMARTS) is 1. The highest BCUT2D eigenvalue weighted by Crippen LogP contribution is 2.18. The number of hydrogen-bond acceptors (Lipinski definition) is 4. The SMILES string of the molecule is CSCCCC(=O)Nc1cccc(-n2ncc(C(=O)O)c2C)c1. The summed E-state index contributed by atoms with van der Waals surface area (Å²) in [5, 5.41) is 16.1. The molecule has 23 heavy (non-hydrogen) atoms. The van der Waals surface area contributed by atoms with Crippen LogP contribution in [0.2, 0.25) is 0 Å². The maximum atomic E-state index is 11.9. The number of benzene rings is 1. The number of carbonyl (C=O) groups is 2. The molecule has 7 heteroatoms. The average Bonchev–Trinajstić information content (AvgIpc) is 2.89. The van der Waals surface area contributed by atoms with Gasteiger partial charge in [0.15, 0.2) is 0 Å². The molecule has 2 N–H and O–H groups in total. The van der Waals surface area contributed by atoms with Gasteiger partial charge in [0.05, 0.1) is 17.6 Å². The van der Waals surface area contributed by atoms with Crippen LogP contribution in [-0.4, -0.2) is 38.8 Å². The Morgan fingerprint density at radius 3 is 2.83 bits per heavy atom. The lowest BCUT2D eigenvalue weighted by Gasteiger charge is -2.09. The van der Waals surface area contributed by atoms with Crippen LogP contribution in [0.4, 0.5) is 5.69 Å². The van der Waals surface area contributed by atoms with Crippen molar-refractivity contribution in [3.63, 3.8) is 0 Å². The number of amides is 1. The van der Waals surface area contributed by atoms with Crippen LogP contribution in [0, 0.1) is 6.92 Å². The van der Waals surface area contributed by atoms with E-state index in [4.69, 9.17) is 5.11 Å². The van der Waals surface area contributed by atoms with Gasteiger partial charge in [0.1, 0.15) is 5.56 Å². The largest absolute Gasteiger partial charge is 0.478 e. The number of aromatic carboxylic acids is 1. The van der Waals surface area contributed by atoms with Gasteiger partial charge < -0.3 is 10.4 Å². The lowest BCUT2D eigenvalue weighted by Crippen LogP contribution is -2.12. The predicted octanol–water partition coefficient (Wildman–Crippen LogP) is 2.96. The van der Waals surface area contributed by atoms with Crippen molar-refractivity contribution in [2.45, 2.75) is 19.8 Å². The molecule has 2 aromatic rings. The Hall–Kier alpha value is -2.28. The van der Waals surface area contributed by atoms with Gasteiger partial charge in [-0.05, 0) is 43.6 Å². The number of rotatable bonds is 7. The molecule has 6 nitrogen and oxygen atoms in total. The zero-order chi connectivity index (χ0) is 16.8. The van der Waals surface area contributed by atoms with Crippen molar-refractivity contribution in [2.24, 2.45) is 0 Å². The van der Waals surface area contributed by atoms with Crippen molar-refractivity contribution in [3.8, 4) is 5.69 Å². The number of hydrogen-bond donors (Lipinski definition) is 2. The van der Waals surface area contributed by atoms with Gasteiger partial charge >= 0.3 is 5.97 Å². The molecule has 2 rings (SSSR count). The summed E-state index contributed by atoms with van der Waals surface area (Å²) in [4.78, 5) is 23.0.